The van der Waals surface area contributed by atoms with Crippen molar-refractivity contribution in [2.45, 2.75) is 32.6 Å². The van der Waals surface area contributed by atoms with E-state index in [1.54, 1.807) is 0 Å². The summed E-state index contributed by atoms with van der Waals surface area (Å²) < 4.78 is 0. The first-order valence-corrected chi connectivity index (χ1v) is 3.12. The first kappa shape index (κ1) is 16.5. The Hall–Kier alpha value is 0.920. The van der Waals surface area contributed by atoms with Crippen LogP contribution >= 0.6 is 34.0 Å². The normalized spacial score (nSPS) is 7.33. The molecule has 0 bridgehead atoms. The lowest BCUT2D eigenvalue weighted by Gasteiger charge is -1.90. The first-order chi connectivity index (χ1) is 3.41. The van der Waals surface area contributed by atoms with Gasteiger partial charge in [0.15, 0.2) is 0 Å². The van der Waals surface area contributed by atoms with Gasteiger partial charge in [-0.05, 0) is 13.0 Å². The molecule has 0 spiro atoms. The van der Waals surface area contributed by atoms with Gasteiger partial charge in [-0.1, -0.05) is 26.2 Å². The van der Waals surface area contributed by atoms with E-state index in [1.807, 2.05) is 0 Å². The Kier molecular flexibility index (Phi) is 29.2. The summed E-state index contributed by atoms with van der Waals surface area (Å²) in [4.78, 5) is 0. The molecule has 0 saturated heterocycles. The van der Waals surface area contributed by atoms with Crippen molar-refractivity contribution in [3.05, 3.63) is 0 Å². The largest absolute Gasteiger partial charge is 0.330 e. The molecule has 0 aliphatic carbocycles. The minimum absolute atomic E-state index is 0. The van der Waals surface area contributed by atoms with E-state index in [4.69, 9.17) is 5.73 Å². The third kappa shape index (κ3) is 17.6. The molecule has 0 aromatic rings. The maximum atomic E-state index is 5.27. The van der Waals surface area contributed by atoms with Crippen LogP contribution in [0.3, 0.4) is 0 Å². The van der Waals surface area contributed by atoms with Gasteiger partial charge in [-0.3, -0.25) is 0 Å². The minimum Gasteiger partial charge on any atom is -0.330 e. The number of rotatable bonds is 4. The maximum absolute atomic E-state index is 5.27. The van der Waals surface area contributed by atoms with Crippen molar-refractivity contribution < 1.29 is 0 Å². The summed E-state index contributed by atoms with van der Waals surface area (Å²) in [6, 6.07) is 0. The highest BCUT2D eigenvalue weighted by atomic mass is 79.9. The van der Waals surface area contributed by atoms with Gasteiger partial charge in [0.05, 0.1) is 0 Å². The molecule has 60 valence electrons. The van der Waals surface area contributed by atoms with Crippen molar-refractivity contribution in [3.63, 3.8) is 0 Å². The summed E-state index contributed by atoms with van der Waals surface area (Å²) in [5.74, 6) is 0. The van der Waals surface area contributed by atoms with E-state index in [1.165, 1.54) is 25.7 Å². The summed E-state index contributed by atoms with van der Waals surface area (Å²) >= 11 is 0. The third-order valence-corrected chi connectivity index (χ3v) is 1.06. The average molecular weight is 263 g/mol. The number of hydrogen-bond donors (Lipinski definition) is 1. The van der Waals surface area contributed by atoms with Crippen LogP contribution in [0, 0.1) is 0 Å². The molecule has 0 aromatic heterocycles. The van der Waals surface area contributed by atoms with Crippen LogP contribution in [0.1, 0.15) is 32.6 Å². The highest BCUT2D eigenvalue weighted by Gasteiger charge is 1.80. The standard InChI is InChI=1S/C6H15N.2BrH/c1-2-3-4-5-6-7;;/h2-7H2,1H3;2*1H. The van der Waals surface area contributed by atoms with Crippen molar-refractivity contribution in [2.24, 2.45) is 5.73 Å². The second-order valence-corrected chi connectivity index (χ2v) is 1.85. The maximum Gasteiger partial charge on any atom is -0.00773 e. The summed E-state index contributed by atoms with van der Waals surface area (Å²) in [6.07, 6.45) is 5.16. The molecule has 0 amide bonds. The lowest BCUT2D eigenvalue weighted by atomic mass is 10.2. The van der Waals surface area contributed by atoms with Crippen LogP contribution in [-0.4, -0.2) is 6.54 Å². The molecule has 0 heterocycles. The van der Waals surface area contributed by atoms with Crippen LogP contribution in [0.2, 0.25) is 0 Å². The summed E-state index contributed by atoms with van der Waals surface area (Å²) in [5.41, 5.74) is 5.27. The molecule has 0 fully saturated rings. The molecule has 0 radical (unpaired) electrons. The Morgan fingerprint density at radius 1 is 1.00 bits per heavy atom. The van der Waals surface area contributed by atoms with E-state index in [-0.39, 0.29) is 34.0 Å². The van der Waals surface area contributed by atoms with Gasteiger partial charge < -0.3 is 5.73 Å². The van der Waals surface area contributed by atoms with E-state index in [0.717, 1.165) is 6.54 Å². The van der Waals surface area contributed by atoms with Crippen molar-refractivity contribution in [1.29, 1.82) is 0 Å². The van der Waals surface area contributed by atoms with Crippen LogP contribution in [0.15, 0.2) is 0 Å². The SMILES string of the molecule is Br.Br.CCCCCCN. The van der Waals surface area contributed by atoms with E-state index in [9.17, 15) is 0 Å². The first-order valence-electron chi connectivity index (χ1n) is 3.12. The predicted molar refractivity (Wildman–Crippen MR) is 53.8 cm³/mol. The molecule has 1 nitrogen and oxygen atoms in total. The van der Waals surface area contributed by atoms with Crippen LogP contribution in [0.5, 0.6) is 0 Å². The van der Waals surface area contributed by atoms with Crippen LogP contribution in [0.25, 0.3) is 0 Å². The Balaban J connectivity index is -0.000000180. The van der Waals surface area contributed by atoms with Crippen molar-refractivity contribution in [2.75, 3.05) is 6.54 Å². The Morgan fingerprint density at radius 2 is 1.56 bits per heavy atom. The van der Waals surface area contributed by atoms with Crippen molar-refractivity contribution in [3.8, 4) is 0 Å². The number of nitrogens with two attached hydrogens (primary N) is 1. The second-order valence-electron chi connectivity index (χ2n) is 1.85. The fraction of sp³-hybridized carbons (Fsp3) is 1.00. The minimum atomic E-state index is 0. The van der Waals surface area contributed by atoms with Gasteiger partial charge in [0.1, 0.15) is 0 Å². The molecule has 3 heteroatoms. The topological polar surface area (TPSA) is 26.0 Å². The molecular weight excluding hydrogens is 246 g/mol. The number of unbranched alkanes of at least 4 members (excludes halogenated alkanes) is 3. The zero-order chi connectivity index (χ0) is 5.54. The molecule has 2 N–H and O–H groups in total. The van der Waals surface area contributed by atoms with Gasteiger partial charge in [-0.15, -0.1) is 34.0 Å². The monoisotopic (exact) mass is 261 g/mol. The fourth-order valence-electron chi connectivity index (χ4n) is 0.571. The molecule has 0 unspecified atom stereocenters. The summed E-state index contributed by atoms with van der Waals surface area (Å²) in [7, 11) is 0. The van der Waals surface area contributed by atoms with E-state index in [2.05, 4.69) is 6.92 Å². The lowest BCUT2D eigenvalue weighted by molar-refractivity contribution is 0.674. The zero-order valence-corrected chi connectivity index (χ0v) is 9.36. The predicted octanol–water partition coefficient (Wildman–Crippen LogP) is 2.68. The summed E-state index contributed by atoms with van der Waals surface area (Å²) in [6.45, 7) is 3.07. The van der Waals surface area contributed by atoms with E-state index >= 15 is 0 Å². The van der Waals surface area contributed by atoms with Gasteiger partial charge in [0.2, 0.25) is 0 Å². The fourth-order valence-corrected chi connectivity index (χ4v) is 0.571. The van der Waals surface area contributed by atoms with Crippen molar-refractivity contribution in [1.82, 2.24) is 0 Å². The van der Waals surface area contributed by atoms with Gasteiger partial charge in [-0.2, -0.15) is 0 Å². The quantitative estimate of drug-likeness (QED) is 0.775. The van der Waals surface area contributed by atoms with Gasteiger partial charge >= 0.3 is 0 Å². The Morgan fingerprint density at radius 3 is 1.89 bits per heavy atom. The molecule has 0 aliphatic heterocycles. The van der Waals surface area contributed by atoms with E-state index < -0.39 is 0 Å². The molecule has 0 saturated carbocycles. The van der Waals surface area contributed by atoms with Crippen LogP contribution < -0.4 is 5.73 Å². The molecular formula is C6H17Br2N. The molecule has 0 atom stereocenters. The smallest absolute Gasteiger partial charge is 0.00773 e. The van der Waals surface area contributed by atoms with Crippen LogP contribution in [-0.2, 0) is 0 Å². The van der Waals surface area contributed by atoms with E-state index in [0.29, 0.717) is 0 Å². The van der Waals surface area contributed by atoms with Gasteiger partial charge in [0.25, 0.3) is 0 Å². The average Bonchev–Trinajstić information content (AvgIpc) is 1.69. The molecule has 0 aliphatic rings. The number of hydrogen-bond acceptors (Lipinski definition) is 1. The molecule has 9 heavy (non-hydrogen) atoms. The zero-order valence-electron chi connectivity index (χ0n) is 5.93. The lowest BCUT2D eigenvalue weighted by Crippen LogP contribution is -1.97. The second kappa shape index (κ2) is 16.0. The van der Waals surface area contributed by atoms with Gasteiger partial charge in [-0.25, -0.2) is 0 Å². The highest BCUT2D eigenvalue weighted by molar-refractivity contribution is 8.93. The molecule has 0 aromatic carbocycles. The van der Waals surface area contributed by atoms with Crippen LogP contribution in [0.4, 0.5) is 0 Å². The Bertz CT molecular complexity index is 30.2. The van der Waals surface area contributed by atoms with Crippen molar-refractivity contribution >= 4 is 34.0 Å². The summed E-state index contributed by atoms with van der Waals surface area (Å²) in [5, 5.41) is 0. The number of halogens is 2. The Labute approximate surface area is 78.9 Å². The highest BCUT2D eigenvalue weighted by Crippen LogP contribution is 1.95. The molecule has 0 rings (SSSR count). The third-order valence-electron chi connectivity index (χ3n) is 1.06. The van der Waals surface area contributed by atoms with Gasteiger partial charge in [0, 0.05) is 0 Å².